The third kappa shape index (κ3) is 6.48. The van der Waals surface area contributed by atoms with Crippen molar-refractivity contribution in [1.82, 2.24) is 5.32 Å². The fourth-order valence-electron chi connectivity index (χ4n) is 3.92. The average molecular weight is 461 g/mol. The van der Waals surface area contributed by atoms with Gasteiger partial charge in [-0.1, -0.05) is 25.3 Å². The van der Waals surface area contributed by atoms with Crippen LogP contribution >= 0.6 is 0 Å². The van der Waals surface area contributed by atoms with Crippen molar-refractivity contribution >= 4 is 34.8 Å². The molecule has 1 saturated carbocycles. The lowest BCUT2D eigenvalue weighted by Crippen LogP contribution is -2.36. The van der Waals surface area contributed by atoms with E-state index in [9.17, 15) is 14.4 Å². The molecule has 1 aliphatic rings. The van der Waals surface area contributed by atoms with E-state index in [1.807, 2.05) is 0 Å². The fourth-order valence-corrected chi connectivity index (χ4v) is 3.92. The van der Waals surface area contributed by atoms with Crippen LogP contribution in [0.25, 0.3) is 0 Å². The van der Waals surface area contributed by atoms with E-state index >= 15 is 0 Å². The number of furan rings is 1. The van der Waals surface area contributed by atoms with Crippen LogP contribution in [-0.2, 0) is 4.79 Å². The zero-order valence-corrected chi connectivity index (χ0v) is 18.8. The summed E-state index contributed by atoms with van der Waals surface area (Å²) in [5.41, 5.74) is 2.45. The second-order valence-corrected chi connectivity index (χ2v) is 8.30. The molecule has 8 nitrogen and oxygen atoms in total. The van der Waals surface area contributed by atoms with E-state index < -0.39 is 0 Å². The summed E-state index contributed by atoms with van der Waals surface area (Å²) in [5, 5.41) is 11.7. The van der Waals surface area contributed by atoms with Crippen LogP contribution in [0.3, 0.4) is 0 Å². The van der Waals surface area contributed by atoms with E-state index in [4.69, 9.17) is 4.42 Å². The molecule has 0 atom stereocenters. The van der Waals surface area contributed by atoms with E-state index in [0.717, 1.165) is 25.7 Å². The van der Waals surface area contributed by atoms with E-state index in [-0.39, 0.29) is 36.1 Å². The van der Waals surface area contributed by atoms with Crippen LogP contribution in [-0.4, -0.2) is 30.3 Å². The van der Waals surface area contributed by atoms with E-state index in [2.05, 4.69) is 21.3 Å². The van der Waals surface area contributed by atoms with Crippen LogP contribution in [0.1, 0.15) is 53.0 Å². The fraction of sp³-hybridized carbons (Fsp3) is 0.269. The van der Waals surface area contributed by atoms with Crippen LogP contribution in [0.2, 0.25) is 0 Å². The minimum atomic E-state index is -0.351. The molecule has 3 aromatic rings. The first-order valence-corrected chi connectivity index (χ1v) is 11.5. The number of rotatable bonds is 8. The number of carbonyl (C=O) groups is 3. The Hall–Kier alpha value is -4.07. The highest BCUT2D eigenvalue weighted by Crippen LogP contribution is 2.19. The molecule has 4 N–H and O–H groups in total. The summed E-state index contributed by atoms with van der Waals surface area (Å²) in [6, 6.07) is 17.4. The molecule has 34 heavy (non-hydrogen) atoms. The summed E-state index contributed by atoms with van der Waals surface area (Å²) in [4.78, 5) is 36.9. The van der Waals surface area contributed by atoms with Crippen molar-refractivity contribution < 1.29 is 18.8 Å². The quantitative estimate of drug-likeness (QED) is 0.391. The molecule has 4 rings (SSSR count). The lowest BCUT2D eigenvalue weighted by molar-refractivity contribution is -0.114. The van der Waals surface area contributed by atoms with Gasteiger partial charge in [-0.2, -0.15) is 0 Å². The maximum Gasteiger partial charge on any atom is 0.291 e. The van der Waals surface area contributed by atoms with Crippen molar-refractivity contribution in [3.63, 3.8) is 0 Å². The Balaban J connectivity index is 1.24. The van der Waals surface area contributed by atoms with Gasteiger partial charge in [0.1, 0.15) is 0 Å². The number of benzene rings is 2. The molecule has 0 spiro atoms. The molecule has 1 fully saturated rings. The highest BCUT2D eigenvalue weighted by atomic mass is 16.3. The van der Waals surface area contributed by atoms with Gasteiger partial charge in [0.2, 0.25) is 5.91 Å². The second kappa shape index (κ2) is 11.2. The predicted octanol–water partition coefficient (Wildman–Crippen LogP) is 4.65. The lowest BCUT2D eigenvalue weighted by Gasteiger charge is -2.22. The summed E-state index contributed by atoms with van der Waals surface area (Å²) in [5.74, 6) is -0.444. The molecule has 2 aromatic carbocycles. The first kappa shape index (κ1) is 23.1. The van der Waals surface area contributed by atoms with E-state index in [0.29, 0.717) is 22.6 Å². The van der Waals surface area contributed by atoms with Crippen molar-refractivity contribution in [2.24, 2.45) is 0 Å². The van der Waals surface area contributed by atoms with Gasteiger partial charge in [0, 0.05) is 28.7 Å². The number of amides is 3. The van der Waals surface area contributed by atoms with E-state index in [1.54, 1.807) is 60.7 Å². The Bertz CT molecular complexity index is 1120. The van der Waals surface area contributed by atoms with Crippen molar-refractivity contribution in [3.8, 4) is 0 Å². The monoisotopic (exact) mass is 460 g/mol. The summed E-state index contributed by atoms with van der Waals surface area (Å²) < 4.78 is 5.08. The van der Waals surface area contributed by atoms with Crippen molar-refractivity contribution in [2.75, 3.05) is 22.5 Å². The summed E-state index contributed by atoms with van der Waals surface area (Å²) in [7, 11) is 0. The van der Waals surface area contributed by atoms with Crippen LogP contribution in [0.5, 0.6) is 0 Å². The second-order valence-electron chi connectivity index (χ2n) is 8.30. The minimum absolute atomic E-state index is 0.0412. The number of hydrogen-bond donors (Lipinski definition) is 4. The van der Waals surface area contributed by atoms with Crippen molar-refractivity contribution in [3.05, 3.63) is 78.3 Å². The Morgan fingerprint density at radius 1 is 0.794 bits per heavy atom. The van der Waals surface area contributed by atoms with Gasteiger partial charge >= 0.3 is 0 Å². The van der Waals surface area contributed by atoms with Gasteiger partial charge in [-0.25, -0.2) is 0 Å². The standard InChI is InChI=1S/C26H28N4O4/c31-24(17-27-21-8-4-9-22(16-21)30-26(33)23-10-5-15-34-23)28-20-13-11-18(12-14-20)25(32)29-19-6-2-1-3-7-19/h4-5,8-16,19,27H,1-3,6-7,17H2,(H,28,31)(H,29,32)(H,30,33). The third-order valence-corrected chi connectivity index (χ3v) is 5.69. The molecule has 1 heterocycles. The molecule has 1 aliphatic carbocycles. The van der Waals surface area contributed by atoms with Gasteiger partial charge in [0.15, 0.2) is 5.76 Å². The number of nitrogens with one attached hydrogen (secondary N) is 4. The Morgan fingerprint density at radius 3 is 2.29 bits per heavy atom. The van der Waals surface area contributed by atoms with Gasteiger partial charge in [-0.05, 0) is 67.4 Å². The highest BCUT2D eigenvalue weighted by molar-refractivity contribution is 6.02. The van der Waals surface area contributed by atoms with Crippen molar-refractivity contribution in [2.45, 2.75) is 38.1 Å². The summed E-state index contributed by atoms with van der Waals surface area (Å²) in [6.45, 7) is 0.0412. The topological polar surface area (TPSA) is 112 Å². The highest BCUT2D eigenvalue weighted by Gasteiger charge is 2.16. The molecular weight excluding hydrogens is 432 g/mol. The molecule has 0 aliphatic heterocycles. The zero-order valence-electron chi connectivity index (χ0n) is 18.8. The van der Waals surface area contributed by atoms with Gasteiger partial charge in [0.25, 0.3) is 11.8 Å². The summed E-state index contributed by atoms with van der Waals surface area (Å²) in [6.07, 6.45) is 7.06. The minimum Gasteiger partial charge on any atom is -0.459 e. The van der Waals surface area contributed by atoms with Crippen LogP contribution in [0.4, 0.5) is 17.1 Å². The van der Waals surface area contributed by atoms with Gasteiger partial charge in [-0.15, -0.1) is 0 Å². The van der Waals surface area contributed by atoms with Crippen molar-refractivity contribution in [1.29, 1.82) is 0 Å². The first-order valence-electron chi connectivity index (χ1n) is 11.5. The van der Waals surface area contributed by atoms with E-state index in [1.165, 1.54) is 12.7 Å². The van der Waals surface area contributed by atoms with Gasteiger partial charge in [0.05, 0.1) is 12.8 Å². The van der Waals surface area contributed by atoms with Gasteiger partial charge < -0.3 is 25.7 Å². The molecule has 1 aromatic heterocycles. The Kier molecular flexibility index (Phi) is 7.60. The normalized spacial score (nSPS) is 13.6. The molecule has 0 radical (unpaired) electrons. The maximum absolute atomic E-state index is 12.4. The Morgan fingerprint density at radius 2 is 1.56 bits per heavy atom. The Labute approximate surface area is 198 Å². The molecular formula is C26H28N4O4. The van der Waals surface area contributed by atoms with Crippen LogP contribution < -0.4 is 21.3 Å². The molecule has 0 unspecified atom stereocenters. The zero-order chi connectivity index (χ0) is 23.8. The summed E-state index contributed by atoms with van der Waals surface area (Å²) >= 11 is 0. The molecule has 176 valence electrons. The largest absolute Gasteiger partial charge is 0.459 e. The maximum atomic E-state index is 12.4. The van der Waals surface area contributed by atoms with Crippen LogP contribution in [0.15, 0.2) is 71.3 Å². The molecule has 0 saturated heterocycles. The molecule has 3 amide bonds. The smallest absolute Gasteiger partial charge is 0.291 e. The van der Waals surface area contributed by atoms with Gasteiger partial charge in [-0.3, -0.25) is 14.4 Å². The lowest BCUT2D eigenvalue weighted by atomic mass is 9.95. The first-order chi connectivity index (χ1) is 16.6. The third-order valence-electron chi connectivity index (χ3n) is 5.69. The molecule has 0 bridgehead atoms. The van der Waals surface area contributed by atoms with Crippen LogP contribution in [0, 0.1) is 0 Å². The number of anilines is 3. The predicted molar refractivity (Wildman–Crippen MR) is 131 cm³/mol. The SMILES string of the molecule is O=C(CNc1cccc(NC(=O)c2ccco2)c1)Nc1ccc(C(=O)NC2CCCCC2)cc1. The number of hydrogen-bond acceptors (Lipinski definition) is 5. The number of carbonyl (C=O) groups excluding carboxylic acids is 3. The molecule has 8 heteroatoms. The average Bonchev–Trinajstić information content (AvgIpc) is 3.39.